The molecule has 1 aliphatic rings. The molecular formula is C11H14FN3. The van der Waals surface area contributed by atoms with Crippen LogP contribution in [0.15, 0.2) is 29.3 Å². The normalized spacial score (nSPS) is 19.1. The van der Waals surface area contributed by atoms with Crippen LogP contribution in [-0.4, -0.2) is 18.0 Å². The van der Waals surface area contributed by atoms with Crippen LogP contribution in [0.1, 0.15) is 13.8 Å². The first-order valence-electron chi connectivity index (χ1n) is 4.87. The molecule has 0 aromatic heterocycles. The molecular weight excluding hydrogens is 193 g/mol. The molecule has 1 aromatic rings. The number of halogens is 1. The molecule has 0 amide bonds. The molecule has 0 bridgehead atoms. The zero-order chi connectivity index (χ0) is 11.1. The van der Waals surface area contributed by atoms with Gasteiger partial charge in [0.1, 0.15) is 5.82 Å². The third-order valence-electron chi connectivity index (χ3n) is 2.56. The molecule has 2 rings (SSSR count). The summed E-state index contributed by atoms with van der Waals surface area (Å²) in [4.78, 5) is 5.88. The highest BCUT2D eigenvalue weighted by Crippen LogP contribution is 2.29. The van der Waals surface area contributed by atoms with E-state index >= 15 is 0 Å². The summed E-state index contributed by atoms with van der Waals surface area (Å²) in [7, 11) is 0. The van der Waals surface area contributed by atoms with Gasteiger partial charge >= 0.3 is 0 Å². The van der Waals surface area contributed by atoms with Crippen LogP contribution >= 0.6 is 0 Å². The molecule has 0 radical (unpaired) electrons. The summed E-state index contributed by atoms with van der Waals surface area (Å²) in [5.41, 5.74) is 5.99. The van der Waals surface area contributed by atoms with Gasteiger partial charge in [0.15, 0.2) is 5.96 Å². The Morgan fingerprint density at radius 1 is 1.40 bits per heavy atom. The topological polar surface area (TPSA) is 41.6 Å². The van der Waals surface area contributed by atoms with Crippen molar-refractivity contribution in [2.45, 2.75) is 19.4 Å². The lowest BCUT2D eigenvalue weighted by atomic mass is 10.0. The van der Waals surface area contributed by atoms with E-state index in [0.29, 0.717) is 18.2 Å². The summed E-state index contributed by atoms with van der Waals surface area (Å²) >= 11 is 0. The molecule has 0 saturated heterocycles. The molecule has 80 valence electrons. The van der Waals surface area contributed by atoms with Gasteiger partial charge in [-0.05, 0) is 26.0 Å². The Kier molecular flexibility index (Phi) is 2.14. The third kappa shape index (κ3) is 1.56. The van der Waals surface area contributed by atoms with Crippen molar-refractivity contribution in [2.75, 3.05) is 11.4 Å². The fourth-order valence-electron chi connectivity index (χ4n) is 1.81. The highest BCUT2D eigenvalue weighted by atomic mass is 19.1. The van der Waals surface area contributed by atoms with E-state index in [0.717, 1.165) is 0 Å². The number of nitrogens with zero attached hydrogens (tertiary/aromatic N) is 2. The summed E-state index contributed by atoms with van der Waals surface area (Å²) in [6.07, 6.45) is 0. The Bertz CT molecular complexity index is 412. The van der Waals surface area contributed by atoms with Gasteiger partial charge in [0.05, 0.1) is 17.8 Å². The first kappa shape index (κ1) is 9.96. The first-order chi connectivity index (χ1) is 7.02. The molecule has 1 heterocycles. The van der Waals surface area contributed by atoms with Crippen molar-refractivity contribution in [1.82, 2.24) is 0 Å². The average Bonchev–Trinajstić information content (AvgIpc) is 2.43. The fraction of sp³-hybridized carbons (Fsp3) is 0.364. The van der Waals surface area contributed by atoms with Gasteiger partial charge < -0.3 is 10.6 Å². The van der Waals surface area contributed by atoms with Crippen molar-refractivity contribution >= 4 is 11.6 Å². The monoisotopic (exact) mass is 207 g/mol. The Labute approximate surface area is 88.4 Å². The summed E-state index contributed by atoms with van der Waals surface area (Å²) in [5, 5.41) is 0. The minimum atomic E-state index is -0.273. The Morgan fingerprint density at radius 2 is 2.07 bits per heavy atom. The number of aliphatic imine (C=N–C) groups is 1. The molecule has 0 fully saturated rings. The molecule has 0 atom stereocenters. The van der Waals surface area contributed by atoms with Gasteiger partial charge in [-0.25, -0.2) is 4.39 Å². The molecule has 0 unspecified atom stereocenters. The van der Waals surface area contributed by atoms with Crippen LogP contribution in [0.25, 0.3) is 0 Å². The van der Waals surface area contributed by atoms with Crippen LogP contribution < -0.4 is 10.6 Å². The summed E-state index contributed by atoms with van der Waals surface area (Å²) in [6, 6.07) is 6.59. The van der Waals surface area contributed by atoms with Crippen molar-refractivity contribution in [1.29, 1.82) is 0 Å². The maximum atomic E-state index is 13.6. The summed E-state index contributed by atoms with van der Waals surface area (Å²) < 4.78 is 13.6. The average molecular weight is 207 g/mol. The van der Waals surface area contributed by atoms with Gasteiger partial charge in [-0.3, -0.25) is 4.99 Å². The van der Waals surface area contributed by atoms with E-state index in [1.807, 2.05) is 13.8 Å². The Balaban J connectivity index is 2.47. The fourth-order valence-corrected chi connectivity index (χ4v) is 1.81. The van der Waals surface area contributed by atoms with Crippen molar-refractivity contribution in [3.63, 3.8) is 0 Å². The van der Waals surface area contributed by atoms with Crippen molar-refractivity contribution in [3.8, 4) is 0 Å². The third-order valence-corrected chi connectivity index (χ3v) is 2.56. The lowest BCUT2D eigenvalue weighted by Gasteiger charge is -2.32. The number of benzene rings is 1. The molecule has 0 spiro atoms. The standard InChI is InChI=1S/C11H14FN3/c1-11(2)7-14-10(13)15(11)9-6-4-3-5-8(9)12/h3-6H,7H2,1-2H3,(H2,13,14). The maximum Gasteiger partial charge on any atom is 0.196 e. The van der Waals surface area contributed by atoms with Crippen LogP contribution in [0.3, 0.4) is 0 Å². The number of para-hydroxylation sites is 1. The van der Waals surface area contributed by atoms with Crippen LogP contribution in [0.4, 0.5) is 10.1 Å². The molecule has 2 N–H and O–H groups in total. The molecule has 1 aliphatic heterocycles. The molecule has 0 saturated carbocycles. The van der Waals surface area contributed by atoms with Gasteiger partial charge in [0.25, 0.3) is 0 Å². The molecule has 4 heteroatoms. The predicted molar refractivity (Wildman–Crippen MR) is 59.4 cm³/mol. The second-order valence-corrected chi connectivity index (χ2v) is 4.27. The SMILES string of the molecule is CC1(C)CN=C(N)N1c1ccccc1F. The van der Waals surface area contributed by atoms with Crippen LogP contribution in [0, 0.1) is 5.82 Å². The number of rotatable bonds is 1. The van der Waals surface area contributed by atoms with E-state index in [9.17, 15) is 4.39 Å². The summed E-state index contributed by atoms with van der Waals surface area (Å²) in [6.45, 7) is 4.57. The maximum absolute atomic E-state index is 13.6. The van der Waals surface area contributed by atoms with Crippen molar-refractivity contribution in [2.24, 2.45) is 10.7 Å². The minimum absolute atomic E-state index is 0.258. The molecule has 3 nitrogen and oxygen atoms in total. The number of hydrogen-bond acceptors (Lipinski definition) is 3. The minimum Gasteiger partial charge on any atom is -0.369 e. The first-order valence-corrected chi connectivity index (χ1v) is 4.87. The second kappa shape index (κ2) is 3.22. The number of hydrogen-bond donors (Lipinski definition) is 1. The predicted octanol–water partition coefficient (Wildman–Crippen LogP) is 1.74. The number of anilines is 1. The zero-order valence-corrected chi connectivity index (χ0v) is 8.87. The van der Waals surface area contributed by atoms with Gasteiger partial charge in [-0.15, -0.1) is 0 Å². The van der Waals surface area contributed by atoms with Gasteiger partial charge in [-0.2, -0.15) is 0 Å². The van der Waals surface area contributed by atoms with E-state index in [2.05, 4.69) is 4.99 Å². The van der Waals surface area contributed by atoms with E-state index in [4.69, 9.17) is 5.73 Å². The van der Waals surface area contributed by atoms with Gasteiger partial charge in [0.2, 0.25) is 0 Å². The molecule has 0 aliphatic carbocycles. The molecule has 1 aromatic carbocycles. The smallest absolute Gasteiger partial charge is 0.196 e. The highest BCUT2D eigenvalue weighted by molar-refractivity contribution is 5.98. The van der Waals surface area contributed by atoms with Gasteiger partial charge in [0, 0.05) is 0 Å². The number of guanidine groups is 1. The largest absolute Gasteiger partial charge is 0.369 e. The van der Waals surface area contributed by atoms with E-state index in [1.54, 1.807) is 23.1 Å². The van der Waals surface area contributed by atoms with E-state index in [1.165, 1.54) is 6.07 Å². The lowest BCUT2D eigenvalue weighted by molar-refractivity contribution is 0.541. The lowest BCUT2D eigenvalue weighted by Crippen LogP contribution is -2.48. The quantitative estimate of drug-likeness (QED) is 0.762. The van der Waals surface area contributed by atoms with Crippen LogP contribution in [0.2, 0.25) is 0 Å². The number of nitrogens with two attached hydrogens (primary N) is 1. The van der Waals surface area contributed by atoms with Gasteiger partial charge in [-0.1, -0.05) is 12.1 Å². The van der Waals surface area contributed by atoms with Crippen LogP contribution in [-0.2, 0) is 0 Å². The molecule has 15 heavy (non-hydrogen) atoms. The van der Waals surface area contributed by atoms with Crippen LogP contribution in [0.5, 0.6) is 0 Å². The Morgan fingerprint density at radius 3 is 2.60 bits per heavy atom. The van der Waals surface area contributed by atoms with E-state index < -0.39 is 0 Å². The second-order valence-electron chi connectivity index (χ2n) is 4.27. The zero-order valence-electron chi connectivity index (χ0n) is 8.87. The van der Waals surface area contributed by atoms with E-state index in [-0.39, 0.29) is 11.4 Å². The van der Waals surface area contributed by atoms with Crippen molar-refractivity contribution < 1.29 is 4.39 Å². The summed E-state index contributed by atoms with van der Waals surface area (Å²) in [5.74, 6) is 0.107. The highest BCUT2D eigenvalue weighted by Gasteiger charge is 2.35. The van der Waals surface area contributed by atoms with Crippen molar-refractivity contribution in [3.05, 3.63) is 30.1 Å². The Hall–Kier alpha value is -1.58.